The van der Waals surface area contributed by atoms with Crippen molar-refractivity contribution in [3.63, 3.8) is 0 Å². The smallest absolute Gasteiger partial charge is 0.339 e. The number of carboxylic acids is 1. The highest BCUT2D eigenvalue weighted by atomic mass is 16.4. The van der Waals surface area contributed by atoms with E-state index in [1.165, 1.54) is 64.2 Å². The van der Waals surface area contributed by atoms with Gasteiger partial charge in [0.05, 0.1) is 0 Å². The highest BCUT2D eigenvalue weighted by Crippen LogP contribution is 2.24. The van der Waals surface area contributed by atoms with Gasteiger partial charge < -0.3 is 5.11 Å². The summed E-state index contributed by atoms with van der Waals surface area (Å²) in [7, 11) is 0. The second-order valence-electron chi connectivity index (χ2n) is 8.24. The van der Waals surface area contributed by atoms with E-state index < -0.39 is 11.6 Å². The van der Waals surface area contributed by atoms with E-state index in [-0.39, 0.29) is 5.92 Å². The molecule has 1 atom stereocenters. The fourth-order valence-corrected chi connectivity index (χ4v) is 3.95. The molecular weight excluding hydrogens is 348 g/mol. The maximum atomic E-state index is 11.6. The molecule has 0 aromatic rings. The van der Waals surface area contributed by atoms with Crippen LogP contribution in [0, 0.1) is 5.92 Å². The molecule has 0 bridgehead atoms. The van der Waals surface area contributed by atoms with E-state index in [0.717, 1.165) is 32.4 Å². The maximum Gasteiger partial charge on any atom is 0.339 e. The van der Waals surface area contributed by atoms with Crippen molar-refractivity contribution in [2.24, 2.45) is 5.92 Å². The zero-order valence-electron chi connectivity index (χ0n) is 18.3. The Morgan fingerprint density at radius 1 is 0.893 bits per heavy atom. The number of hydrogen-bond donors (Lipinski definition) is 3. The minimum Gasteiger partial charge on any atom is -0.479 e. The first-order valence-corrected chi connectivity index (χ1v) is 11.7. The molecule has 0 aromatic carbocycles. The van der Waals surface area contributed by atoms with Gasteiger partial charge in [0.25, 0.3) is 0 Å². The van der Waals surface area contributed by atoms with Crippen LogP contribution in [0.25, 0.3) is 0 Å². The Labute approximate surface area is 173 Å². The highest BCUT2D eigenvalue weighted by molar-refractivity contribution is 5.79. The lowest BCUT2D eigenvalue weighted by Gasteiger charge is -2.31. The number of rotatable bonds is 17. The van der Waals surface area contributed by atoms with Crippen molar-refractivity contribution < 1.29 is 9.90 Å². The zero-order valence-corrected chi connectivity index (χ0v) is 18.3. The molecule has 1 rings (SSSR count). The van der Waals surface area contributed by atoms with Crippen molar-refractivity contribution in [3.05, 3.63) is 24.3 Å². The molecule has 1 fully saturated rings. The first-order valence-electron chi connectivity index (χ1n) is 11.7. The van der Waals surface area contributed by atoms with Crippen LogP contribution < -0.4 is 10.6 Å². The molecule has 1 saturated heterocycles. The number of aliphatic carboxylic acids is 1. The third-order valence-corrected chi connectivity index (χ3v) is 5.85. The molecule has 1 aliphatic heterocycles. The van der Waals surface area contributed by atoms with Gasteiger partial charge in [0.2, 0.25) is 0 Å². The van der Waals surface area contributed by atoms with Crippen molar-refractivity contribution in [1.29, 1.82) is 0 Å². The molecule has 1 aliphatic rings. The molecule has 3 N–H and O–H groups in total. The van der Waals surface area contributed by atoms with Crippen LogP contribution in [0.4, 0.5) is 0 Å². The molecule has 4 nitrogen and oxygen atoms in total. The van der Waals surface area contributed by atoms with Crippen LogP contribution in [0.2, 0.25) is 0 Å². The Hall–Kier alpha value is -1.13. The van der Waals surface area contributed by atoms with Gasteiger partial charge in [0.1, 0.15) is 0 Å². The average molecular weight is 393 g/mol. The van der Waals surface area contributed by atoms with E-state index in [9.17, 15) is 9.90 Å². The third kappa shape index (κ3) is 9.88. The molecule has 0 amide bonds. The van der Waals surface area contributed by atoms with E-state index in [2.05, 4.69) is 41.9 Å². The highest BCUT2D eigenvalue weighted by Gasteiger charge is 2.45. The summed E-state index contributed by atoms with van der Waals surface area (Å²) in [6.45, 7) is 5.77. The SMILES string of the molecule is CCCCC/C=C\C/C=C\CCCCCCCCC(C)C1(C(=O)O)NCCN1. The van der Waals surface area contributed by atoms with Crippen molar-refractivity contribution in [2.45, 2.75) is 103 Å². The van der Waals surface area contributed by atoms with Crippen LogP contribution in [-0.4, -0.2) is 29.8 Å². The molecule has 0 radical (unpaired) electrons. The van der Waals surface area contributed by atoms with Crippen LogP contribution in [0.5, 0.6) is 0 Å². The Bertz CT molecular complexity index is 454. The number of unbranched alkanes of at least 4 members (excludes halogenated alkanes) is 9. The van der Waals surface area contributed by atoms with E-state index in [1.807, 2.05) is 6.92 Å². The van der Waals surface area contributed by atoms with Gasteiger partial charge >= 0.3 is 5.97 Å². The summed E-state index contributed by atoms with van der Waals surface area (Å²) < 4.78 is 0. The third-order valence-electron chi connectivity index (χ3n) is 5.85. The van der Waals surface area contributed by atoms with Crippen LogP contribution >= 0.6 is 0 Å². The van der Waals surface area contributed by atoms with Gasteiger partial charge in [-0.3, -0.25) is 10.6 Å². The molecule has 0 saturated carbocycles. The number of allylic oxidation sites excluding steroid dienone is 4. The number of carbonyl (C=O) groups is 1. The monoisotopic (exact) mass is 392 g/mol. The fraction of sp³-hybridized carbons (Fsp3) is 0.792. The predicted molar refractivity (Wildman–Crippen MR) is 120 cm³/mol. The van der Waals surface area contributed by atoms with Crippen molar-refractivity contribution in [1.82, 2.24) is 10.6 Å². The molecule has 4 heteroatoms. The first-order chi connectivity index (χ1) is 13.6. The molecule has 162 valence electrons. The molecule has 1 unspecified atom stereocenters. The largest absolute Gasteiger partial charge is 0.479 e. The summed E-state index contributed by atoms with van der Waals surface area (Å²) in [6.07, 6.45) is 25.1. The minimum atomic E-state index is -0.906. The van der Waals surface area contributed by atoms with Gasteiger partial charge in [-0.1, -0.05) is 83.1 Å². The Morgan fingerprint density at radius 3 is 2.00 bits per heavy atom. The minimum absolute atomic E-state index is 0.110. The second kappa shape index (κ2) is 15.8. The first kappa shape index (κ1) is 24.9. The van der Waals surface area contributed by atoms with Gasteiger partial charge in [-0.25, -0.2) is 4.79 Å². The van der Waals surface area contributed by atoms with Gasteiger partial charge in [-0.05, 0) is 44.4 Å². The molecule has 28 heavy (non-hydrogen) atoms. The van der Waals surface area contributed by atoms with Crippen molar-refractivity contribution >= 4 is 5.97 Å². The fourth-order valence-electron chi connectivity index (χ4n) is 3.95. The van der Waals surface area contributed by atoms with Crippen LogP contribution in [0.1, 0.15) is 97.3 Å². The normalized spacial score (nSPS) is 17.6. The van der Waals surface area contributed by atoms with Crippen molar-refractivity contribution in [3.8, 4) is 0 Å². The zero-order chi connectivity index (χ0) is 20.5. The summed E-state index contributed by atoms with van der Waals surface area (Å²) in [5.74, 6) is -0.657. The Morgan fingerprint density at radius 2 is 1.43 bits per heavy atom. The number of nitrogens with one attached hydrogen (secondary N) is 2. The predicted octanol–water partition coefficient (Wildman–Crippen LogP) is 5.80. The molecule has 0 aromatic heterocycles. The summed E-state index contributed by atoms with van der Waals surface area (Å²) in [5, 5.41) is 15.8. The van der Waals surface area contributed by atoms with Crippen molar-refractivity contribution in [2.75, 3.05) is 13.1 Å². The summed E-state index contributed by atoms with van der Waals surface area (Å²) in [4.78, 5) is 11.6. The molecule has 0 aliphatic carbocycles. The summed E-state index contributed by atoms with van der Waals surface area (Å²) in [6, 6.07) is 0. The summed E-state index contributed by atoms with van der Waals surface area (Å²) in [5.41, 5.74) is -0.906. The molecule has 0 spiro atoms. The second-order valence-corrected chi connectivity index (χ2v) is 8.24. The Balaban J connectivity index is 1.94. The lowest BCUT2D eigenvalue weighted by molar-refractivity contribution is -0.147. The van der Waals surface area contributed by atoms with E-state index in [4.69, 9.17) is 0 Å². The van der Waals surface area contributed by atoms with Gasteiger partial charge in [-0.2, -0.15) is 0 Å². The van der Waals surface area contributed by atoms with Crippen LogP contribution in [-0.2, 0) is 4.79 Å². The lowest BCUT2D eigenvalue weighted by atomic mass is 9.89. The maximum absolute atomic E-state index is 11.6. The lowest BCUT2D eigenvalue weighted by Crippen LogP contribution is -2.60. The van der Waals surface area contributed by atoms with Crippen LogP contribution in [0.15, 0.2) is 24.3 Å². The average Bonchev–Trinajstić information content (AvgIpc) is 3.19. The van der Waals surface area contributed by atoms with Gasteiger partial charge in [-0.15, -0.1) is 0 Å². The van der Waals surface area contributed by atoms with E-state index >= 15 is 0 Å². The number of carboxylic acid groups (broad SMARTS) is 1. The standard InChI is InChI=1S/C24H44N2O2/c1-3-4-5-6-7-8-9-10-11-12-13-14-15-16-17-18-19-22(2)24(23(27)28)25-20-21-26-24/h7-8,10-11,22,25-26H,3-6,9,12-21H2,1-2H3,(H,27,28)/b8-7-,11-10-. The summed E-state index contributed by atoms with van der Waals surface area (Å²) >= 11 is 0. The van der Waals surface area contributed by atoms with Gasteiger partial charge in [0.15, 0.2) is 5.66 Å². The topological polar surface area (TPSA) is 61.4 Å². The quantitative estimate of drug-likeness (QED) is 0.216. The van der Waals surface area contributed by atoms with Gasteiger partial charge in [0, 0.05) is 13.1 Å². The molecule has 1 heterocycles. The van der Waals surface area contributed by atoms with E-state index in [1.54, 1.807) is 0 Å². The van der Waals surface area contributed by atoms with Crippen LogP contribution in [0.3, 0.4) is 0 Å². The molecular formula is C24H44N2O2. The van der Waals surface area contributed by atoms with E-state index in [0.29, 0.717) is 0 Å². The number of hydrogen-bond acceptors (Lipinski definition) is 3. The Kier molecular flexibility index (Phi) is 14.0.